The van der Waals surface area contributed by atoms with Gasteiger partial charge in [0.2, 0.25) is 11.8 Å². The SMILES string of the molecule is CN(CCc1ccccc1)C(=O)C(Cc1ccc2ccccc2c1)N(C)C(=O)C=CCC(C)(C)N. The van der Waals surface area contributed by atoms with Gasteiger partial charge in [-0.2, -0.15) is 0 Å². The molecule has 0 aliphatic rings. The maximum absolute atomic E-state index is 13.6. The van der Waals surface area contributed by atoms with Gasteiger partial charge >= 0.3 is 0 Å². The van der Waals surface area contributed by atoms with E-state index in [2.05, 4.69) is 36.4 Å². The van der Waals surface area contributed by atoms with Gasteiger partial charge in [-0.1, -0.05) is 78.9 Å². The number of hydrogen-bond acceptors (Lipinski definition) is 3. The summed E-state index contributed by atoms with van der Waals surface area (Å²) in [7, 11) is 3.51. The molecule has 0 saturated carbocycles. The Bertz CT molecular complexity index is 1160. The van der Waals surface area contributed by atoms with Crippen molar-refractivity contribution in [2.75, 3.05) is 20.6 Å². The Hall–Kier alpha value is -3.44. The smallest absolute Gasteiger partial charge is 0.246 e. The second-order valence-electron chi connectivity index (χ2n) is 9.94. The highest BCUT2D eigenvalue weighted by Crippen LogP contribution is 2.19. The predicted octanol–water partition coefficient (Wildman–Crippen LogP) is 4.59. The van der Waals surface area contributed by atoms with Crippen molar-refractivity contribution in [3.63, 3.8) is 0 Å². The lowest BCUT2D eigenvalue weighted by molar-refractivity contribution is -0.141. The molecule has 1 atom stereocenters. The molecule has 3 aromatic carbocycles. The van der Waals surface area contributed by atoms with Gasteiger partial charge in [0, 0.05) is 32.6 Å². The van der Waals surface area contributed by atoms with Crippen LogP contribution in [0.2, 0.25) is 0 Å². The van der Waals surface area contributed by atoms with Crippen LogP contribution in [-0.2, 0) is 22.4 Å². The summed E-state index contributed by atoms with van der Waals surface area (Å²) in [6.07, 6.45) is 5.09. The van der Waals surface area contributed by atoms with Gasteiger partial charge in [0.05, 0.1) is 0 Å². The van der Waals surface area contributed by atoms with E-state index < -0.39 is 11.6 Å². The van der Waals surface area contributed by atoms with Crippen molar-refractivity contribution in [2.45, 2.75) is 44.7 Å². The summed E-state index contributed by atoms with van der Waals surface area (Å²) in [5.74, 6) is -0.276. The van der Waals surface area contributed by atoms with Crippen molar-refractivity contribution in [3.05, 3.63) is 96.1 Å². The van der Waals surface area contributed by atoms with Crippen LogP contribution in [0.3, 0.4) is 0 Å². The Morgan fingerprint density at radius 3 is 2.26 bits per heavy atom. The highest BCUT2D eigenvalue weighted by atomic mass is 16.2. The number of likely N-dealkylation sites (N-methyl/N-ethyl adjacent to an activating group) is 2. The van der Waals surface area contributed by atoms with Gasteiger partial charge < -0.3 is 15.5 Å². The van der Waals surface area contributed by atoms with Crippen molar-refractivity contribution in [1.29, 1.82) is 0 Å². The van der Waals surface area contributed by atoms with Crippen LogP contribution in [0.1, 0.15) is 31.4 Å². The molecule has 1 unspecified atom stereocenters. The number of fused-ring (bicyclic) bond motifs is 1. The van der Waals surface area contributed by atoms with Gasteiger partial charge in [-0.25, -0.2) is 0 Å². The largest absolute Gasteiger partial charge is 0.344 e. The molecule has 0 heterocycles. The number of nitrogens with two attached hydrogens (primary N) is 1. The van der Waals surface area contributed by atoms with Gasteiger partial charge in [-0.05, 0) is 54.7 Å². The second kappa shape index (κ2) is 11.8. The summed E-state index contributed by atoms with van der Waals surface area (Å²) >= 11 is 0. The number of hydrogen-bond donors (Lipinski definition) is 1. The minimum absolute atomic E-state index is 0.0718. The van der Waals surface area contributed by atoms with Gasteiger partial charge in [-0.15, -0.1) is 0 Å². The van der Waals surface area contributed by atoms with Gasteiger partial charge in [0.15, 0.2) is 0 Å². The highest BCUT2D eigenvalue weighted by molar-refractivity contribution is 5.93. The van der Waals surface area contributed by atoms with E-state index in [-0.39, 0.29) is 11.8 Å². The fourth-order valence-corrected chi connectivity index (χ4v) is 4.02. The lowest BCUT2D eigenvalue weighted by Crippen LogP contribution is -2.49. The molecule has 0 aliphatic heterocycles. The summed E-state index contributed by atoms with van der Waals surface area (Å²) in [6.45, 7) is 4.41. The molecule has 5 heteroatoms. The van der Waals surface area contributed by atoms with Crippen LogP contribution < -0.4 is 5.73 Å². The first-order valence-corrected chi connectivity index (χ1v) is 12.1. The number of benzene rings is 3. The van der Waals surface area contributed by atoms with E-state index in [0.717, 1.165) is 22.8 Å². The predicted molar refractivity (Wildman–Crippen MR) is 144 cm³/mol. The number of nitrogens with zero attached hydrogens (tertiary/aromatic N) is 2. The van der Waals surface area contributed by atoms with Gasteiger partial charge in [0.25, 0.3) is 0 Å². The number of carbonyl (C=O) groups excluding carboxylic acids is 2. The summed E-state index contributed by atoms with van der Waals surface area (Å²) in [5.41, 5.74) is 7.84. The number of rotatable bonds is 10. The topological polar surface area (TPSA) is 66.6 Å². The molecule has 2 N–H and O–H groups in total. The van der Waals surface area contributed by atoms with E-state index >= 15 is 0 Å². The fraction of sp³-hybridized carbons (Fsp3) is 0.333. The summed E-state index contributed by atoms with van der Waals surface area (Å²) in [4.78, 5) is 29.9. The first-order chi connectivity index (χ1) is 16.6. The van der Waals surface area contributed by atoms with Crippen molar-refractivity contribution in [3.8, 4) is 0 Å². The Morgan fingerprint density at radius 1 is 0.914 bits per heavy atom. The lowest BCUT2D eigenvalue weighted by atomic mass is 9.99. The van der Waals surface area contributed by atoms with E-state index in [1.54, 1.807) is 22.9 Å². The molecule has 0 bridgehead atoms. The first kappa shape index (κ1) is 26.2. The normalized spacial score (nSPS) is 12.6. The molecule has 2 amide bonds. The fourth-order valence-electron chi connectivity index (χ4n) is 4.02. The molecule has 5 nitrogen and oxygen atoms in total. The standard InChI is InChI=1S/C30H37N3O2/c1-30(2,31)19-10-15-28(34)33(4)27(22-24-16-17-25-13-8-9-14-26(25)21-24)29(35)32(3)20-18-23-11-6-5-7-12-23/h5-17,21,27H,18-20,22,31H2,1-4H3. The van der Waals surface area contributed by atoms with Crippen LogP contribution in [0.5, 0.6) is 0 Å². The van der Waals surface area contributed by atoms with E-state index in [4.69, 9.17) is 5.73 Å². The zero-order valence-corrected chi connectivity index (χ0v) is 21.3. The highest BCUT2D eigenvalue weighted by Gasteiger charge is 2.29. The Labute approximate surface area is 209 Å². The van der Waals surface area contributed by atoms with E-state index in [1.165, 1.54) is 11.6 Å². The van der Waals surface area contributed by atoms with Crippen molar-refractivity contribution in [2.24, 2.45) is 5.73 Å². The van der Waals surface area contributed by atoms with Crippen LogP contribution in [0.4, 0.5) is 0 Å². The van der Waals surface area contributed by atoms with E-state index in [9.17, 15) is 9.59 Å². The second-order valence-corrected chi connectivity index (χ2v) is 9.94. The molecule has 0 aliphatic carbocycles. The quantitative estimate of drug-likeness (QED) is 0.440. The molecule has 0 radical (unpaired) electrons. The zero-order chi connectivity index (χ0) is 25.4. The number of amides is 2. The van der Waals surface area contributed by atoms with E-state index in [1.807, 2.05) is 57.3 Å². The maximum atomic E-state index is 13.6. The molecule has 3 rings (SSSR count). The number of carbonyl (C=O) groups is 2. The molecule has 0 aromatic heterocycles. The molecular formula is C30H37N3O2. The van der Waals surface area contributed by atoms with Crippen molar-refractivity contribution >= 4 is 22.6 Å². The molecule has 3 aromatic rings. The Kier molecular flexibility index (Phi) is 8.83. The summed E-state index contributed by atoms with van der Waals surface area (Å²) in [5, 5.41) is 2.27. The summed E-state index contributed by atoms with van der Waals surface area (Å²) < 4.78 is 0. The third-order valence-corrected chi connectivity index (χ3v) is 6.20. The first-order valence-electron chi connectivity index (χ1n) is 12.1. The van der Waals surface area contributed by atoms with Crippen LogP contribution >= 0.6 is 0 Å². The van der Waals surface area contributed by atoms with Crippen LogP contribution in [0, 0.1) is 0 Å². The van der Waals surface area contributed by atoms with E-state index in [0.29, 0.717) is 19.4 Å². The van der Waals surface area contributed by atoms with Crippen LogP contribution in [-0.4, -0.2) is 53.8 Å². The molecule has 0 spiro atoms. The minimum atomic E-state index is -0.611. The van der Waals surface area contributed by atoms with Gasteiger partial charge in [-0.3, -0.25) is 9.59 Å². The van der Waals surface area contributed by atoms with Crippen molar-refractivity contribution in [1.82, 2.24) is 9.80 Å². The van der Waals surface area contributed by atoms with Gasteiger partial charge in [0.1, 0.15) is 6.04 Å². The lowest BCUT2D eigenvalue weighted by Gasteiger charge is -2.30. The Morgan fingerprint density at radius 2 is 1.57 bits per heavy atom. The average molecular weight is 472 g/mol. The average Bonchev–Trinajstić information content (AvgIpc) is 2.84. The summed E-state index contributed by atoms with van der Waals surface area (Å²) in [6, 6.07) is 23.8. The minimum Gasteiger partial charge on any atom is -0.344 e. The monoisotopic (exact) mass is 471 g/mol. The third kappa shape index (κ3) is 7.79. The molecule has 0 saturated heterocycles. The molecule has 184 valence electrons. The molecule has 35 heavy (non-hydrogen) atoms. The molecule has 0 fully saturated rings. The van der Waals surface area contributed by atoms with Crippen LogP contribution in [0.25, 0.3) is 10.8 Å². The maximum Gasteiger partial charge on any atom is 0.246 e. The van der Waals surface area contributed by atoms with Crippen molar-refractivity contribution < 1.29 is 9.59 Å². The van der Waals surface area contributed by atoms with Crippen LogP contribution in [0.15, 0.2) is 84.9 Å². The Balaban J connectivity index is 1.80. The zero-order valence-electron chi connectivity index (χ0n) is 21.3. The molecular weight excluding hydrogens is 434 g/mol. The third-order valence-electron chi connectivity index (χ3n) is 6.20.